The Morgan fingerprint density at radius 2 is 1.90 bits per heavy atom. The van der Waals surface area contributed by atoms with Crippen LogP contribution in [0.3, 0.4) is 0 Å². The highest BCUT2D eigenvalue weighted by atomic mass is 16.4. The number of carboxylic acids is 1. The third-order valence-corrected chi connectivity index (χ3v) is 5.14. The number of nitrogens with zero attached hydrogens (tertiary/aromatic N) is 1. The number of carbonyl (C=O) groups is 1. The van der Waals surface area contributed by atoms with Gasteiger partial charge < -0.3 is 5.11 Å². The van der Waals surface area contributed by atoms with E-state index in [1.807, 2.05) is 30.3 Å². The summed E-state index contributed by atoms with van der Waals surface area (Å²) < 4.78 is 0. The van der Waals surface area contributed by atoms with Gasteiger partial charge in [0.15, 0.2) is 0 Å². The molecular weight excluding hydrogens is 262 g/mol. The molecule has 114 valence electrons. The van der Waals surface area contributed by atoms with Gasteiger partial charge in [0, 0.05) is 12.6 Å². The first-order valence-electron chi connectivity index (χ1n) is 7.83. The lowest BCUT2D eigenvalue weighted by molar-refractivity contribution is -0.144. The molecule has 0 radical (unpaired) electrons. The fraction of sp³-hybridized carbons (Fsp3) is 0.611. The molecule has 1 N–H and O–H groups in total. The van der Waals surface area contributed by atoms with Crippen LogP contribution in [0.1, 0.15) is 51.6 Å². The molecule has 3 nitrogen and oxygen atoms in total. The normalized spacial score (nSPS) is 32.8. The Bertz CT molecular complexity index is 539. The van der Waals surface area contributed by atoms with E-state index in [-0.39, 0.29) is 5.41 Å². The van der Waals surface area contributed by atoms with Crippen LogP contribution in [0.25, 0.3) is 0 Å². The van der Waals surface area contributed by atoms with Crippen molar-refractivity contribution in [1.29, 1.82) is 0 Å². The van der Waals surface area contributed by atoms with Crippen molar-refractivity contribution in [3.8, 4) is 0 Å². The zero-order valence-electron chi connectivity index (χ0n) is 13.2. The largest absolute Gasteiger partial charge is 0.480 e. The first kappa shape index (κ1) is 14.6. The first-order chi connectivity index (χ1) is 9.80. The van der Waals surface area contributed by atoms with Gasteiger partial charge >= 0.3 is 5.97 Å². The lowest BCUT2D eigenvalue weighted by atomic mass is 9.65. The minimum Gasteiger partial charge on any atom is -0.480 e. The molecule has 3 rings (SSSR count). The van der Waals surface area contributed by atoms with Gasteiger partial charge in [-0.15, -0.1) is 0 Å². The fourth-order valence-electron chi connectivity index (χ4n) is 4.92. The summed E-state index contributed by atoms with van der Waals surface area (Å²) in [6.07, 6.45) is 3.42. The van der Waals surface area contributed by atoms with E-state index >= 15 is 0 Å². The second kappa shape index (κ2) is 4.84. The molecule has 3 heteroatoms. The maximum Gasteiger partial charge on any atom is 0.325 e. The highest BCUT2D eigenvalue weighted by Crippen LogP contribution is 2.54. The van der Waals surface area contributed by atoms with E-state index in [1.54, 1.807) is 0 Å². The number of carboxylic acid groups (broad SMARTS) is 1. The van der Waals surface area contributed by atoms with Crippen molar-refractivity contribution in [3.63, 3.8) is 0 Å². The predicted octanol–water partition coefficient (Wildman–Crippen LogP) is 3.71. The van der Waals surface area contributed by atoms with Crippen LogP contribution in [0, 0.1) is 10.8 Å². The van der Waals surface area contributed by atoms with Gasteiger partial charge in [-0.05, 0) is 35.7 Å². The molecule has 1 saturated heterocycles. The molecule has 0 aromatic heterocycles. The van der Waals surface area contributed by atoms with Gasteiger partial charge in [0.2, 0.25) is 0 Å². The summed E-state index contributed by atoms with van der Waals surface area (Å²) in [6, 6.07) is 9.56. The van der Waals surface area contributed by atoms with Crippen LogP contribution in [-0.4, -0.2) is 28.6 Å². The highest BCUT2D eigenvalue weighted by molar-refractivity contribution is 5.75. The molecule has 1 aliphatic carbocycles. The van der Waals surface area contributed by atoms with Gasteiger partial charge in [-0.3, -0.25) is 9.69 Å². The van der Waals surface area contributed by atoms with Crippen LogP contribution in [0.15, 0.2) is 30.3 Å². The molecule has 21 heavy (non-hydrogen) atoms. The Morgan fingerprint density at radius 3 is 2.52 bits per heavy atom. The Balaban J connectivity index is 1.94. The van der Waals surface area contributed by atoms with Gasteiger partial charge in [0.05, 0.1) is 0 Å². The second-order valence-electron chi connectivity index (χ2n) is 8.04. The molecule has 1 aliphatic heterocycles. The van der Waals surface area contributed by atoms with E-state index in [0.717, 1.165) is 24.9 Å². The summed E-state index contributed by atoms with van der Waals surface area (Å²) in [5.74, 6) is -0.727. The SMILES string of the molecule is CC1(C)CC2CC(C)(CN2C(C(=O)O)c2ccccc2)C1. The molecule has 1 aromatic carbocycles. The summed E-state index contributed by atoms with van der Waals surface area (Å²) in [7, 11) is 0. The van der Waals surface area contributed by atoms with E-state index in [4.69, 9.17) is 0 Å². The number of hydrogen-bond acceptors (Lipinski definition) is 2. The average Bonchev–Trinajstić information content (AvgIpc) is 2.60. The lowest BCUT2D eigenvalue weighted by Crippen LogP contribution is -2.39. The highest BCUT2D eigenvalue weighted by Gasteiger charge is 2.52. The molecule has 1 saturated carbocycles. The Hall–Kier alpha value is -1.35. The van der Waals surface area contributed by atoms with Crippen LogP contribution in [0.5, 0.6) is 0 Å². The van der Waals surface area contributed by atoms with Crippen molar-refractivity contribution in [2.75, 3.05) is 6.54 Å². The number of fused-ring (bicyclic) bond motifs is 2. The van der Waals surface area contributed by atoms with Crippen LogP contribution in [0.4, 0.5) is 0 Å². The number of aliphatic carboxylic acids is 1. The monoisotopic (exact) mass is 287 g/mol. The Kier molecular flexibility index (Phi) is 3.36. The second-order valence-corrected chi connectivity index (χ2v) is 8.04. The van der Waals surface area contributed by atoms with Gasteiger partial charge in [-0.25, -0.2) is 0 Å². The third-order valence-electron chi connectivity index (χ3n) is 5.14. The fourth-order valence-corrected chi connectivity index (χ4v) is 4.92. The van der Waals surface area contributed by atoms with Crippen LogP contribution in [0.2, 0.25) is 0 Å². The molecule has 1 aromatic rings. The number of likely N-dealkylation sites (tertiary alicyclic amines) is 1. The zero-order chi connectivity index (χ0) is 15.3. The number of hydrogen-bond donors (Lipinski definition) is 1. The van der Waals surface area contributed by atoms with Crippen LogP contribution < -0.4 is 0 Å². The molecule has 0 spiro atoms. The number of rotatable bonds is 3. The van der Waals surface area contributed by atoms with Crippen molar-refractivity contribution in [2.24, 2.45) is 10.8 Å². The zero-order valence-corrected chi connectivity index (χ0v) is 13.2. The maximum absolute atomic E-state index is 11.9. The summed E-state index contributed by atoms with van der Waals surface area (Å²) in [5, 5.41) is 9.78. The van der Waals surface area contributed by atoms with Crippen molar-refractivity contribution >= 4 is 5.97 Å². The molecule has 2 fully saturated rings. The lowest BCUT2D eigenvalue weighted by Gasteiger charge is -2.40. The van der Waals surface area contributed by atoms with Gasteiger partial charge in [0.25, 0.3) is 0 Å². The van der Waals surface area contributed by atoms with E-state index < -0.39 is 12.0 Å². The standard InChI is InChI=1S/C18H25NO2/c1-17(2)9-14-10-18(3,11-17)12-19(14)15(16(20)21)13-7-5-4-6-8-13/h4-8,14-15H,9-12H2,1-3H3,(H,20,21). The minimum absolute atomic E-state index is 0.259. The third kappa shape index (κ3) is 2.71. The van der Waals surface area contributed by atoms with E-state index in [0.29, 0.717) is 11.5 Å². The molecule has 2 aliphatic rings. The van der Waals surface area contributed by atoms with Crippen LogP contribution >= 0.6 is 0 Å². The van der Waals surface area contributed by atoms with E-state index in [9.17, 15) is 9.90 Å². The van der Waals surface area contributed by atoms with Gasteiger partial charge in [-0.2, -0.15) is 0 Å². The van der Waals surface area contributed by atoms with Crippen molar-refractivity contribution in [1.82, 2.24) is 4.90 Å². The van der Waals surface area contributed by atoms with Crippen molar-refractivity contribution < 1.29 is 9.90 Å². The van der Waals surface area contributed by atoms with Crippen LogP contribution in [-0.2, 0) is 4.79 Å². The molecule has 3 unspecified atom stereocenters. The van der Waals surface area contributed by atoms with E-state index in [2.05, 4.69) is 25.7 Å². The van der Waals surface area contributed by atoms with Gasteiger partial charge in [-0.1, -0.05) is 51.1 Å². The van der Waals surface area contributed by atoms with Gasteiger partial charge in [0.1, 0.15) is 6.04 Å². The molecule has 3 atom stereocenters. The van der Waals surface area contributed by atoms with E-state index in [1.165, 1.54) is 6.42 Å². The van der Waals surface area contributed by atoms with Crippen molar-refractivity contribution in [3.05, 3.63) is 35.9 Å². The van der Waals surface area contributed by atoms with Crippen molar-refractivity contribution in [2.45, 2.75) is 52.1 Å². The smallest absolute Gasteiger partial charge is 0.325 e. The average molecular weight is 287 g/mol. The Labute approximate surface area is 127 Å². The summed E-state index contributed by atoms with van der Waals surface area (Å²) in [5.41, 5.74) is 1.47. The summed E-state index contributed by atoms with van der Waals surface area (Å²) >= 11 is 0. The first-order valence-corrected chi connectivity index (χ1v) is 7.83. The number of benzene rings is 1. The predicted molar refractivity (Wildman–Crippen MR) is 83.1 cm³/mol. The quantitative estimate of drug-likeness (QED) is 0.921. The molecule has 2 bridgehead atoms. The summed E-state index contributed by atoms with van der Waals surface area (Å²) in [4.78, 5) is 14.1. The molecular formula is C18H25NO2. The minimum atomic E-state index is -0.727. The molecule has 1 heterocycles. The topological polar surface area (TPSA) is 40.5 Å². The Morgan fingerprint density at radius 1 is 1.24 bits per heavy atom. The maximum atomic E-state index is 11.9. The summed E-state index contributed by atoms with van der Waals surface area (Å²) in [6.45, 7) is 7.86. The molecule has 0 amide bonds.